The van der Waals surface area contributed by atoms with Crippen molar-refractivity contribution in [2.75, 3.05) is 0 Å². The molecule has 0 spiro atoms. The molecule has 1 heterocycles. The molecule has 0 fully saturated rings. The summed E-state index contributed by atoms with van der Waals surface area (Å²) in [6.07, 6.45) is 0. The fourth-order valence-electron chi connectivity index (χ4n) is 2.23. The van der Waals surface area contributed by atoms with Gasteiger partial charge in [0.1, 0.15) is 17.2 Å². The van der Waals surface area contributed by atoms with Crippen LogP contribution in [0.3, 0.4) is 0 Å². The van der Waals surface area contributed by atoms with Gasteiger partial charge in [0.15, 0.2) is 0 Å². The summed E-state index contributed by atoms with van der Waals surface area (Å²) in [5.74, 6) is -2.49. The van der Waals surface area contributed by atoms with Gasteiger partial charge >= 0.3 is 0 Å². The van der Waals surface area contributed by atoms with Gasteiger partial charge in [-0.2, -0.15) is 0 Å². The zero-order chi connectivity index (χ0) is 20.1. The van der Waals surface area contributed by atoms with Crippen LogP contribution in [0.25, 0.3) is 0 Å². The van der Waals surface area contributed by atoms with E-state index >= 15 is 0 Å². The van der Waals surface area contributed by atoms with Crippen LogP contribution in [0.5, 0.6) is 0 Å². The maximum absolute atomic E-state index is 13.6. The molecule has 0 saturated carbocycles. The van der Waals surface area contributed by atoms with Gasteiger partial charge in [0.05, 0.1) is 11.5 Å². The Morgan fingerprint density at radius 3 is 2.61 bits per heavy atom. The molecule has 0 aliphatic rings. The van der Waals surface area contributed by atoms with Crippen molar-refractivity contribution in [3.05, 3.63) is 81.2 Å². The fraction of sp³-hybridized carbons (Fsp3) is 0.118. The van der Waals surface area contributed by atoms with E-state index in [1.807, 2.05) is 0 Å². The molecule has 0 saturated heterocycles. The lowest BCUT2D eigenvalue weighted by molar-refractivity contribution is -0.384. The Balaban J connectivity index is 1.56. The summed E-state index contributed by atoms with van der Waals surface area (Å²) < 4.78 is 32.5. The third-order valence-corrected chi connectivity index (χ3v) is 4.41. The highest BCUT2D eigenvalue weighted by Crippen LogP contribution is 2.23. The summed E-state index contributed by atoms with van der Waals surface area (Å²) in [5.41, 5.74) is -0.0167. The summed E-state index contributed by atoms with van der Waals surface area (Å²) in [4.78, 5) is 22.2. The molecule has 1 amide bonds. The van der Waals surface area contributed by atoms with Crippen molar-refractivity contribution >= 4 is 23.4 Å². The molecule has 8 nitrogen and oxygen atoms in total. The smallest absolute Gasteiger partial charge is 0.276 e. The number of nitrogens with zero attached hydrogens (tertiary/aromatic N) is 3. The van der Waals surface area contributed by atoms with Gasteiger partial charge < -0.3 is 9.73 Å². The Morgan fingerprint density at radius 1 is 1.18 bits per heavy atom. The minimum atomic E-state index is -0.976. The molecular formula is C17H12F2N4O4S. The molecule has 0 bridgehead atoms. The van der Waals surface area contributed by atoms with E-state index in [2.05, 4.69) is 15.5 Å². The second kappa shape index (κ2) is 8.57. The van der Waals surface area contributed by atoms with E-state index in [0.29, 0.717) is 11.3 Å². The maximum atomic E-state index is 13.6. The minimum Gasteiger partial charge on any atom is -0.414 e. The number of thioether (sulfide) groups is 1. The van der Waals surface area contributed by atoms with Crippen molar-refractivity contribution in [1.29, 1.82) is 0 Å². The molecule has 1 N–H and O–H groups in total. The lowest BCUT2D eigenvalue weighted by Crippen LogP contribution is -2.25. The lowest BCUT2D eigenvalue weighted by Gasteiger charge is -2.04. The Kier molecular flexibility index (Phi) is 5.94. The first-order valence-corrected chi connectivity index (χ1v) is 8.83. The third kappa shape index (κ3) is 4.68. The number of benzene rings is 2. The van der Waals surface area contributed by atoms with E-state index in [0.717, 1.165) is 30.0 Å². The Morgan fingerprint density at radius 2 is 1.89 bits per heavy atom. The number of hydrogen-bond acceptors (Lipinski definition) is 7. The van der Waals surface area contributed by atoms with Crippen molar-refractivity contribution in [1.82, 2.24) is 15.5 Å². The standard InChI is InChI=1S/C17H12F2N4O4S/c18-12-5-2-6-13(19)15(12)16(24)20-8-14-21-22-17(27-14)28-9-10-3-1-4-11(7-10)23(25)26/h1-7H,8-9H2,(H,20,24). The summed E-state index contributed by atoms with van der Waals surface area (Å²) in [6, 6.07) is 9.24. The quantitative estimate of drug-likeness (QED) is 0.363. The van der Waals surface area contributed by atoms with Crippen LogP contribution >= 0.6 is 11.8 Å². The summed E-state index contributed by atoms with van der Waals surface area (Å²) in [5, 5.41) is 20.8. The van der Waals surface area contributed by atoms with Gasteiger partial charge in [-0.25, -0.2) is 8.78 Å². The number of carbonyl (C=O) groups is 1. The highest BCUT2D eigenvalue weighted by molar-refractivity contribution is 7.98. The summed E-state index contributed by atoms with van der Waals surface area (Å²) >= 11 is 1.15. The first-order chi connectivity index (χ1) is 13.4. The van der Waals surface area contributed by atoms with Crippen molar-refractivity contribution in [3.63, 3.8) is 0 Å². The number of nitro groups is 1. The number of halogens is 2. The molecule has 0 unspecified atom stereocenters. The summed E-state index contributed by atoms with van der Waals surface area (Å²) in [7, 11) is 0. The zero-order valence-corrected chi connectivity index (χ0v) is 14.9. The normalized spacial score (nSPS) is 10.6. The van der Waals surface area contributed by atoms with Crippen LogP contribution in [0.2, 0.25) is 0 Å². The number of hydrogen-bond donors (Lipinski definition) is 1. The number of amides is 1. The molecule has 28 heavy (non-hydrogen) atoms. The molecule has 3 rings (SSSR count). The number of carbonyl (C=O) groups excluding carboxylic acids is 1. The predicted octanol–water partition coefficient (Wildman–Crippen LogP) is 3.48. The first-order valence-electron chi connectivity index (χ1n) is 7.85. The van der Waals surface area contributed by atoms with Gasteiger partial charge in [0.2, 0.25) is 5.89 Å². The monoisotopic (exact) mass is 406 g/mol. The third-order valence-electron chi connectivity index (χ3n) is 3.52. The van der Waals surface area contributed by atoms with Crippen LogP contribution in [0, 0.1) is 21.7 Å². The molecular weight excluding hydrogens is 394 g/mol. The van der Waals surface area contributed by atoms with Gasteiger partial charge in [0.25, 0.3) is 16.8 Å². The number of nitro benzene ring substituents is 1. The predicted molar refractivity (Wildman–Crippen MR) is 94.5 cm³/mol. The second-order valence-corrected chi connectivity index (χ2v) is 6.38. The molecule has 1 aromatic heterocycles. The molecule has 0 atom stereocenters. The van der Waals surface area contributed by atoms with Crippen molar-refractivity contribution in [2.24, 2.45) is 0 Å². The van der Waals surface area contributed by atoms with Gasteiger partial charge in [-0.05, 0) is 17.7 Å². The van der Waals surface area contributed by atoms with Gasteiger partial charge in [-0.3, -0.25) is 14.9 Å². The molecule has 0 aliphatic carbocycles. The highest BCUT2D eigenvalue weighted by atomic mass is 32.2. The average molecular weight is 406 g/mol. The minimum absolute atomic E-state index is 0.0209. The topological polar surface area (TPSA) is 111 Å². The van der Waals surface area contributed by atoms with Crippen molar-refractivity contribution in [2.45, 2.75) is 17.5 Å². The average Bonchev–Trinajstić information content (AvgIpc) is 3.13. The van der Waals surface area contributed by atoms with Crippen LogP contribution in [0.1, 0.15) is 21.8 Å². The molecule has 11 heteroatoms. The van der Waals surface area contributed by atoms with Crippen LogP contribution < -0.4 is 5.32 Å². The molecule has 0 aliphatic heterocycles. The number of nitrogens with one attached hydrogen (secondary N) is 1. The van der Waals surface area contributed by atoms with Crippen molar-refractivity contribution in [3.8, 4) is 0 Å². The molecule has 144 valence electrons. The Bertz CT molecular complexity index is 1010. The van der Waals surface area contributed by atoms with Crippen LogP contribution in [0.15, 0.2) is 52.1 Å². The molecule has 0 radical (unpaired) electrons. The highest BCUT2D eigenvalue weighted by Gasteiger charge is 2.17. The van der Waals surface area contributed by atoms with Gasteiger partial charge in [0, 0.05) is 17.9 Å². The van der Waals surface area contributed by atoms with Crippen LogP contribution in [-0.2, 0) is 12.3 Å². The van der Waals surface area contributed by atoms with Crippen molar-refractivity contribution < 1.29 is 22.9 Å². The maximum Gasteiger partial charge on any atom is 0.276 e. The van der Waals surface area contributed by atoms with E-state index in [-0.39, 0.29) is 23.3 Å². The fourth-order valence-corrected chi connectivity index (χ4v) is 2.96. The van der Waals surface area contributed by atoms with E-state index in [1.54, 1.807) is 12.1 Å². The first kappa shape index (κ1) is 19.4. The van der Waals surface area contributed by atoms with Crippen LogP contribution in [-0.4, -0.2) is 21.0 Å². The van der Waals surface area contributed by atoms with E-state index in [4.69, 9.17) is 4.42 Å². The number of non-ortho nitro benzene ring substituents is 1. The van der Waals surface area contributed by atoms with E-state index < -0.39 is 28.0 Å². The second-order valence-electron chi connectivity index (χ2n) is 5.46. The van der Waals surface area contributed by atoms with E-state index in [9.17, 15) is 23.7 Å². The number of rotatable bonds is 7. The largest absolute Gasteiger partial charge is 0.414 e. The molecule has 3 aromatic rings. The molecule has 2 aromatic carbocycles. The Hall–Kier alpha value is -3.34. The zero-order valence-electron chi connectivity index (χ0n) is 14.1. The Labute approximate surface area is 161 Å². The van der Waals surface area contributed by atoms with Gasteiger partial charge in [-0.1, -0.05) is 30.0 Å². The summed E-state index contributed by atoms with van der Waals surface area (Å²) in [6.45, 7) is -0.211. The lowest BCUT2D eigenvalue weighted by atomic mass is 10.2. The van der Waals surface area contributed by atoms with Gasteiger partial charge in [-0.15, -0.1) is 10.2 Å². The van der Waals surface area contributed by atoms with E-state index in [1.165, 1.54) is 12.1 Å². The number of aromatic nitrogens is 2. The SMILES string of the molecule is O=C(NCc1nnc(SCc2cccc([N+](=O)[O-])c2)o1)c1c(F)cccc1F. The van der Waals surface area contributed by atoms with Crippen LogP contribution in [0.4, 0.5) is 14.5 Å².